The highest BCUT2D eigenvalue weighted by Crippen LogP contribution is 2.23. The van der Waals surface area contributed by atoms with Gasteiger partial charge >= 0.3 is 5.69 Å². The van der Waals surface area contributed by atoms with Crippen molar-refractivity contribution in [1.29, 1.82) is 0 Å². The fourth-order valence-corrected chi connectivity index (χ4v) is 3.49. The number of anilines is 1. The van der Waals surface area contributed by atoms with E-state index in [1.54, 1.807) is 17.7 Å². The van der Waals surface area contributed by atoms with Crippen molar-refractivity contribution in [2.45, 2.75) is 31.9 Å². The topological polar surface area (TPSA) is 94.5 Å². The van der Waals surface area contributed by atoms with E-state index in [1.165, 1.54) is 11.6 Å². The van der Waals surface area contributed by atoms with Gasteiger partial charge in [-0.2, -0.15) is 4.98 Å². The van der Waals surface area contributed by atoms with Crippen LogP contribution in [0, 0.1) is 0 Å². The van der Waals surface area contributed by atoms with Crippen molar-refractivity contribution in [3.63, 3.8) is 0 Å². The standard InChI is InChI=1S/C18H27N5O4/c1-4-10-27-12-13(24)11-23-14-15(20(2)18(26)21(3)16(14)25)19-17(23)22-8-6-5-7-9-22/h4,13,24H,1,5-12H2,2-3H3/t13-/m0/s1. The monoisotopic (exact) mass is 377 g/mol. The Labute approximate surface area is 157 Å². The summed E-state index contributed by atoms with van der Waals surface area (Å²) >= 11 is 0. The van der Waals surface area contributed by atoms with Gasteiger partial charge in [0.1, 0.15) is 0 Å². The Morgan fingerprint density at radius 1 is 1.22 bits per heavy atom. The first kappa shape index (κ1) is 19.4. The number of hydrogen-bond acceptors (Lipinski definition) is 6. The van der Waals surface area contributed by atoms with Crippen LogP contribution in [0.25, 0.3) is 11.2 Å². The van der Waals surface area contributed by atoms with Crippen molar-refractivity contribution in [3.8, 4) is 0 Å². The fourth-order valence-electron chi connectivity index (χ4n) is 3.49. The van der Waals surface area contributed by atoms with E-state index in [0.29, 0.717) is 23.7 Å². The van der Waals surface area contributed by atoms with E-state index in [4.69, 9.17) is 4.74 Å². The van der Waals surface area contributed by atoms with Crippen LogP contribution in [0.3, 0.4) is 0 Å². The zero-order valence-corrected chi connectivity index (χ0v) is 15.9. The molecule has 0 spiro atoms. The molecule has 0 radical (unpaired) electrons. The SMILES string of the molecule is C=CCOC[C@@H](O)Cn1c(N2CCCCC2)nc2c1c(=O)n(C)c(=O)n2C. The summed E-state index contributed by atoms with van der Waals surface area (Å²) in [5, 5.41) is 10.4. The number of aliphatic hydroxyl groups excluding tert-OH is 1. The minimum atomic E-state index is -0.812. The Balaban J connectivity index is 2.10. The van der Waals surface area contributed by atoms with Gasteiger partial charge < -0.3 is 19.3 Å². The first-order valence-electron chi connectivity index (χ1n) is 9.23. The van der Waals surface area contributed by atoms with E-state index in [-0.39, 0.29) is 13.2 Å². The number of ether oxygens (including phenoxy) is 1. The lowest BCUT2D eigenvalue weighted by molar-refractivity contribution is 0.0404. The molecule has 3 rings (SSSR count). The average molecular weight is 377 g/mol. The minimum absolute atomic E-state index is 0.122. The molecule has 0 aromatic carbocycles. The lowest BCUT2D eigenvalue weighted by atomic mass is 10.1. The van der Waals surface area contributed by atoms with Crippen LogP contribution in [0.4, 0.5) is 5.95 Å². The van der Waals surface area contributed by atoms with E-state index in [2.05, 4.69) is 16.5 Å². The van der Waals surface area contributed by atoms with Gasteiger partial charge in [-0.1, -0.05) is 6.08 Å². The molecule has 1 fully saturated rings. The van der Waals surface area contributed by atoms with Crippen molar-refractivity contribution in [2.24, 2.45) is 14.1 Å². The molecule has 0 unspecified atom stereocenters. The number of hydrogen-bond donors (Lipinski definition) is 1. The maximum Gasteiger partial charge on any atom is 0.332 e. The predicted molar refractivity (Wildman–Crippen MR) is 103 cm³/mol. The summed E-state index contributed by atoms with van der Waals surface area (Å²) in [6, 6.07) is 0. The molecule has 0 aliphatic carbocycles. The van der Waals surface area contributed by atoms with E-state index in [9.17, 15) is 14.7 Å². The number of imidazole rings is 1. The van der Waals surface area contributed by atoms with Crippen LogP contribution in [-0.4, -0.2) is 56.2 Å². The van der Waals surface area contributed by atoms with Gasteiger partial charge in [0.15, 0.2) is 11.2 Å². The molecule has 2 aromatic heterocycles. The van der Waals surface area contributed by atoms with Crippen LogP contribution >= 0.6 is 0 Å². The summed E-state index contributed by atoms with van der Waals surface area (Å²) in [6.45, 7) is 5.88. The van der Waals surface area contributed by atoms with Crippen molar-refractivity contribution in [3.05, 3.63) is 33.5 Å². The molecule has 0 saturated carbocycles. The summed E-state index contributed by atoms with van der Waals surface area (Å²) < 4.78 is 9.51. The average Bonchev–Trinajstić information content (AvgIpc) is 3.05. The number of piperidine rings is 1. The molecule has 1 aliphatic heterocycles. The summed E-state index contributed by atoms with van der Waals surface area (Å²) in [6.07, 6.45) is 4.06. The quantitative estimate of drug-likeness (QED) is 0.539. The van der Waals surface area contributed by atoms with Crippen LogP contribution in [0.1, 0.15) is 19.3 Å². The number of rotatable bonds is 7. The molecule has 3 heterocycles. The Kier molecular flexibility index (Phi) is 5.81. The number of aryl methyl sites for hydroxylation is 1. The molecule has 9 nitrogen and oxygen atoms in total. The van der Waals surface area contributed by atoms with E-state index in [0.717, 1.165) is 36.9 Å². The van der Waals surface area contributed by atoms with Gasteiger partial charge in [-0.25, -0.2) is 4.79 Å². The Bertz CT molecular complexity index is 936. The van der Waals surface area contributed by atoms with Crippen molar-refractivity contribution in [1.82, 2.24) is 18.7 Å². The Morgan fingerprint density at radius 3 is 2.59 bits per heavy atom. The first-order chi connectivity index (χ1) is 13.0. The third kappa shape index (κ3) is 3.70. The zero-order chi connectivity index (χ0) is 19.6. The summed E-state index contributed by atoms with van der Waals surface area (Å²) in [7, 11) is 3.05. The fraction of sp³-hybridized carbons (Fsp3) is 0.611. The molecule has 0 amide bonds. The van der Waals surface area contributed by atoms with Crippen LogP contribution < -0.4 is 16.1 Å². The third-order valence-electron chi connectivity index (χ3n) is 4.91. The van der Waals surface area contributed by atoms with Crippen LogP contribution in [-0.2, 0) is 25.4 Å². The molecule has 27 heavy (non-hydrogen) atoms. The summed E-state index contributed by atoms with van der Waals surface area (Å²) in [5.41, 5.74) is -0.175. The highest BCUT2D eigenvalue weighted by molar-refractivity contribution is 5.74. The van der Waals surface area contributed by atoms with E-state index >= 15 is 0 Å². The van der Waals surface area contributed by atoms with E-state index < -0.39 is 17.4 Å². The van der Waals surface area contributed by atoms with Crippen molar-refractivity contribution in [2.75, 3.05) is 31.2 Å². The molecule has 1 atom stereocenters. The lowest BCUT2D eigenvalue weighted by Gasteiger charge is -2.28. The lowest BCUT2D eigenvalue weighted by Crippen LogP contribution is -2.38. The highest BCUT2D eigenvalue weighted by atomic mass is 16.5. The number of aromatic nitrogens is 4. The predicted octanol–water partition coefficient (Wildman–Crippen LogP) is -0.0125. The summed E-state index contributed by atoms with van der Waals surface area (Å²) in [4.78, 5) is 31.8. The number of aliphatic hydroxyl groups is 1. The minimum Gasteiger partial charge on any atom is -0.389 e. The second-order valence-corrected chi connectivity index (χ2v) is 6.93. The van der Waals surface area contributed by atoms with Gasteiger partial charge in [0.05, 0.1) is 25.9 Å². The molecule has 1 N–H and O–H groups in total. The smallest absolute Gasteiger partial charge is 0.332 e. The second kappa shape index (κ2) is 8.10. The largest absolute Gasteiger partial charge is 0.389 e. The molecule has 9 heteroatoms. The maximum atomic E-state index is 12.8. The highest BCUT2D eigenvalue weighted by Gasteiger charge is 2.25. The molecular formula is C18H27N5O4. The molecule has 2 aromatic rings. The van der Waals surface area contributed by atoms with Gasteiger partial charge in [0, 0.05) is 27.2 Å². The van der Waals surface area contributed by atoms with Crippen molar-refractivity contribution >= 4 is 17.1 Å². The normalized spacial score (nSPS) is 16.0. The van der Waals surface area contributed by atoms with Crippen molar-refractivity contribution < 1.29 is 9.84 Å². The Hall–Kier alpha value is -2.39. The number of nitrogens with zero attached hydrogens (tertiary/aromatic N) is 5. The molecular weight excluding hydrogens is 350 g/mol. The molecule has 0 bridgehead atoms. The van der Waals surface area contributed by atoms with Gasteiger partial charge in [0.25, 0.3) is 5.56 Å². The van der Waals surface area contributed by atoms with Gasteiger partial charge in [-0.3, -0.25) is 13.9 Å². The van der Waals surface area contributed by atoms with Gasteiger partial charge in [0.2, 0.25) is 5.95 Å². The van der Waals surface area contributed by atoms with Crippen LogP contribution in [0.15, 0.2) is 22.2 Å². The Morgan fingerprint density at radius 2 is 1.93 bits per heavy atom. The number of fused-ring (bicyclic) bond motifs is 1. The first-order valence-corrected chi connectivity index (χ1v) is 9.23. The zero-order valence-electron chi connectivity index (χ0n) is 15.9. The van der Waals surface area contributed by atoms with Gasteiger partial charge in [-0.15, -0.1) is 6.58 Å². The molecule has 1 saturated heterocycles. The van der Waals surface area contributed by atoms with Gasteiger partial charge in [-0.05, 0) is 19.3 Å². The van der Waals surface area contributed by atoms with Crippen LogP contribution in [0.5, 0.6) is 0 Å². The third-order valence-corrected chi connectivity index (χ3v) is 4.91. The summed E-state index contributed by atoms with van der Waals surface area (Å²) in [5.74, 6) is 0.616. The second-order valence-electron chi connectivity index (χ2n) is 6.93. The molecule has 148 valence electrons. The molecule has 1 aliphatic rings. The van der Waals surface area contributed by atoms with E-state index in [1.807, 2.05) is 0 Å². The van der Waals surface area contributed by atoms with Crippen LogP contribution in [0.2, 0.25) is 0 Å². The maximum absolute atomic E-state index is 12.8.